The Kier molecular flexibility index (Phi) is 5.84. The zero-order valence-electron chi connectivity index (χ0n) is 10.1. The molecule has 19 heavy (non-hydrogen) atoms. The van der Waals surface area contributed by atoms with Gasteiger partial charge < -0.3 is 10.1 Å². The van der Waals surface area contributed by atoms with Crippen LogP contribution in [-0.4, -0.2) is 35.9 Å². The molecule has 1 amide bonds. The third kappa shape index (κ3) is 4.56. The SMILES string of the molecule is COCC(Br)CNC(=O)c1ccc(F)cc1[N+](=O)[O-]. The number of rotatable bonds is 6. The third-order valence-corrected chi connectivity index (χ3v) is 2.82. The van der Waals surface area contributed by atoms with E-state index in [-0.39, 0.29) is 16.9 Å². The van der Waals surface area contributed by atoms with Crippen molar-refractivity contribution in [1.29, 1.82) is 0 Å². The van der Waals surface area contributed by atoms with Crippen LogP contribution in [0, 0.1) is 15.9 Å². The molecule has 0 radical (unpaired) electrons. The average molecular weight is 335 g/mol. The molecule has 1 aromatic rings. The number of nitrogens with one attached hydrogen (secondary N) is 1. The van der Waals surface area contributed by atoms with Crippen molar-refractivity contribution in [2.24, 2.45) is 0 Å². The van der Waals surface area contributed by atoms with Gasteiger partial charge in [-0.15, -0.1) is 0 Å². The summed E-state index contributed by atoms with van der Waals surface area (Å²) in [6.45, 7) is 0.618. The van der Waals surface area contributed by atoms with Crippen molar-refractivity contribution < 1.29 is 18.8 Å². The summed E-state index contributed by atoms with van der Waals surface area (Å²) in [5.41, 5.74) is -0.737. The predicted octanol–water partition coefficient (Wildman–Crippen LogP) is 1.87. The number of nitrogens with zero attached hydrogens (tertiary/aromatic N) is 1. The Morgan fingerprint density at radius 2 is 2.32 bits per heavy atom. The molecule has 1 unspecified atom stereocenters. The molecule has 0 aliphatic rings. The minimum absolute atomic E-state index is 0.110. The van der Waals surface area contributed by atoms with Crippen molar-refractivity contribution in [3.8, 4) is 0 Å². The predicted molar refractivity (Wildman–Crippen MR) is 70.0 cm³/mol. The van der Waals surface area contributed by atoms with Gasteiger partial charge in [0.1, 0.15) is 11.4 Å². The maximum Gasteiger partial charge on any atom is 0.285 e. The molecule has 1 N–H and O–H groups in total. The van der Waals surface area contributed by atoms with E-state index in [0.29, 0.717) is 6.61 Å². The Bertz CT molecular complexity index is 484. The van der Waals surface area contributed by atoms with Gasteiger partial charge in [0.25, 0.3) is 11.6 Å². The summed E-state index contributed by atoms with van der Waals surface area (Å²) in [7, 11) is 1.51. The first kappa shape index (κ1) is 15.5. The van der Waals surface area contributed by atoms with Gasteiger partial charge in [0.05, 0.1) is 22.4 Å². The number of nitro groups is 1. The number of halogens is 2. The van der Waals surface area contributed by atoms with Crippen LogP contribution in [0.25, 0.3) is 0 Å². The van der Waals surface area contributed by atoms with Crippen molar-refractivity contribution in [3.63, 3.8) is 0 Å². The number of ether oxygens (including phenoxy) is 1. The summed E-state index contributed by atoms with van der Waals surface area (Å²) in [5.74, 6) is -1.40. The second-order valence-corrected chi connectivity index (χ2v) is 4.98. The van der Waals surface area contributed by atoms with Crippen molar-refractivity contribution in [2.75, 3.05) is 20.3 Å². The highest BCUT2D eigenvalue weighted by Gasteiger charge is 2.21. The smallest absolute Gasteiger partial charge is 0.285 e. The molecule has 0 fully saturated rings. The van der Waals surface area contributed by atoms with E-state index in [9.17, 15) is 19.3 Å². The molecule has 1 rings (SSSR count). The molecule has 0 spiro atoms. The third-order valence-electron chi connectivity index (χ3n) is 2.23. The molecule has 1 aromatic carbocycles. The van der Waals surface area contributed by atoms with Gasteiger partial charge in [0.15, 0.2) is 0 Å². The molecule has 1 atom stereocenters. The first-order chi connectivity index (χ1) is 8.95. The molecule has 0 bridgehead atoms. The van der Waals surface area contributed by atoms with Crippen molar-refractivity contribution in [1.82, 2.24) is 5.32 Å². The highest BCUT2D eigenvalue weighted by Crippen LogP contribution is 2.19. The first-order valence-electron chi connectivity index (χ1n) is 5.31. The van der Waals surface area contributed by atoms with Crippen LogP contribution in [0.15, 0.2) is 18.2 Å². The number of nitro benzene ring substituents is 1. The van der Waals surface area contributed by atoms with Gasteiger partial charge in [-0.2, -0.15) is 0 Å². The minimum atomic E-state index is -0.793. The summed E-state index contributed by atoms with van der Waals surface area (Å²) in [4.78, 5) is 21.6. The molecule has 0 aliphatic heterocycles. The van der Waals surface area contributed by atoms with Crippen LogP contribution in [0.1, 0.15) is 10.4 Å². The van der Waals surface area contributed by atoms with E-state index in [4.69, 9.17) is 4.74 Å². The molecule has 0 aromatic heterocycles. The number of alkyl halides is 1. The molecule has 0 saturated carbocycles. The van der Waals surface area contributed by atoms with Crippen molar-refractivity contribution in [2.45, 2.75) is 4.83 Å². The number of benzene rings is 1. The molecule has 6 nitrogen and oxygen atoms in total. The number of carbonyl (C=O) groups is 1. The number of hydrogen-bond donors (Lipinski definition) is 1. The van der Waals surface area contributed by atoms with E-state index < -0.39 is 22.3 Å². The van der Waals surface area contributed by atoms with Gasteiger partial charge in [-0.25, -0.2) is 4.39 Å². The summed E-state index contributed by atoms with van der Waals surface area (Å²) in [6.07, 6.45) is 0. The highest BCUT2D eigenvalue weighted by molar-refractivity contribution is 9.09. The molecule has 0 saturated heterocycles. The topological polar surface area (TPSA) is 81.5 Å². The molecular weight excluding hydrogens is 323 g/mol. The van der Waals surface area contributed by atoms with E-state index in [1.807, 2.05) is 0 Å². The van der Waals surface area contributed by atoms with E-state index in [2.05, 4.69) is 21.2 Å². The van der Waals surface area contributed by atoms with Crippen LogP contribution >= 0.6 is 15.9 Å². The Labute approximate surface area is 117 Å². The fourth-order valence-corrected chi connectivity index (χ4v) is 1.81. The zero-order valence-corrected chi connectivity index (χ0v) is 11.6. The minimum Gasteiger partial charge on any atom is -0.383 e. The fourth-order valence-electron chi connectivity index (χ4n) is 1.39. The van der Waals surface area contributed by atoms with Gasteiger partial charge in [-0.3, -0.25) is 14.9 Å². The maximum atomic E-state index is 12.9. The Morgan fingerprint density at radius 3 is 2.89 bits per heavy atom. The number of hydrogen-bond acceptors (Lipinski definition) is 4. The lowest BCUT2D eigenvalue weighted by Gasteiger charge is -2.10. The van der Waals surface area contributed by atoms with Crippen molar-refractivity contribution in [3.05, 3.63) is 39.7 Å². The van der Waals surface area contributed by atoms with Gasteiger partial charge in [0.2, 0.25) is 0 Å². The maximum absolute atomic E-state index is 12.9. The summed E-state index contributed by atoms with van der Waals surface area (Å²) >= 11 is 3.26. The van der Waals surface area contributed by atoms with Gasteiger partial charge in [0, 0.05) is 13.7 Å². The Morgan fingerprint density at radius 1 is 1.63 bits per heavy atom. The van der Waals surface area contributed by atoms with Crippen molar-refractivity contribution >= 4 is 27.5 Å². The summed E-state index contributed by atoms with van der Waals surface area (Å²) in [6, 6.07) is 2.81. The molecule has 0 aliphatic carbocycles. The Hall–Kier alpha value is -1.54. The van der Waals surface area contributed by atoms with Crippen LogP contribution in [0.4, 0.5) is 10.1 Å². The second-order valence-electron chi connectivity index (χ2n) is 3.68. The molecule has 8 heteroatoms. The van der Waals surface area contributed by atoms with Crippen LogP contribution < -0.4 is 5.32 Å². The first-order valence-corrected chi connectivity index (χ1v) is 6.22. The molecular formula is C11H12BrFN2O4. The van der Waals surface area contributed by atoms with E-state index in [1.165, 1.54) is 7.11 Å². The van der Waals surface area contributed by atoms with Crippen LogP contribution in [0.3, 0.4) is 0 Å². The second kappa shape index (κ2) is 7.15. The van der Waals surface area contributed by atoms with Crippen LogP contribution in [-0.2, 0) is 4.74 Å². The monoisotopic (exact) mass is 334 g/mol. The standard InChI is InChI=1S/C11H12BrFN2O4/c1-19-6-7(12)5-14-11(16)9-3-2-8(13)4-10(9)15(17)18/h2-4,7H,5-6H2,1H3,(H,14,16). The normalized spacial score (nSPS) is 11.9. The average Bonchev–Trinajstić information content (AvgIpc) is 2.36. The molecule has 104 valence electrons. The van der Waals surface area contributed by atoms with Crippen LogP contribution in [0.2, 0.25) is 0 Å². The van der Waals surface area contributed by atoms with Crippen LogP contribution in [0.5, 0.6) is 0 Å². The van der Waals surface area contributed by atoms with Gasteiger partial charge in [-0.05, 0) is 12.1 Å². The van der Waals surface area contributed by atoms with Gasteiger partial charge >= 0.3 is 0 Å². The lowest BCUT2D eigenvalue weighted by atomic mass is 10.1. The number of methoxy groups -OCH3 is 1. The van der Waals surface area contributed by atoms with E-state index >= 15 is 0 Å². The number of amides is 1. The fraction of sp³-hybridized carbons (Fsp3) is 0.364. The molecule has 0 heterocycles. The lowest BCUT2D eigenvalue weighted by molar-refractivity contribution is -0.385. The lowest BCUT2D eigenvalue weighted by Crippen LogP contribution is -2.31. The Balaban J connectivity index is 2.79. The number of carbonyl (C=O) groups excluding carboxylic acids is 1. The summed E-state index contributed by atoms with van der Waals surface area (Å²) in [5, 5.41) is 13.3. The largest absolute Gasteiger partial charge is 0.383 e. The quantitative estimate of drug-likeness (QED) is 0.489. The van der Waals surface area contributed by atoms with Gasteiger partial charge in [-0.1, -0.05) is 15.9 Å². The van der Waals surface area contributed by atoms with E-state index in [0.717, 1.165) is 18.2 Å². The summed E-state index contributed by atoms with van der Waals surface area (Å²) < 4.78 is 17.8. The van der Waals surface area contributed by atoms with E-state index in [1.54, 1.807) is 0 Å². The zero-order chi connectivity index (χ0) is 14.4. The highest BCUT2D eigenvalue weighted by atomic mass is 79.9.